The molecular weight excluding hydrogens is 288 g/mol. The maximum atomic E-state index is 12.8. The predicted octanol–water partition coefficient (Wildman–Crippen LogP) is 1.78. The van der Waals surface area contributed by atoms with Crippen LogP contribution in [0.2, 0.25) is 0 Å². The molecule has 6 heteroatoms. The summed E-state index contributed by atoms with van der Waals surface area (Å²) in [5.41, 5.74) is 6.86. The molecule has 2 aliphatic rings. The minimum Gasteiger partial charge on any atom is -0.479 e. The number of nitrogens with zero attached hydrogens (tertiary/aromatic N) is 1. The van der Waals surface area contributed by atoms with Crippen molar-refractivity contribution in [2.75, 3.05) is 6.54 Å². The zero-order chi connectivity index (χ0) is 15.0. The molecule has 0 aromatic carbocycles. The maximum absolute atomic E-state index is 12.8. The molecule has 3 unspecified atom stereocenters. The topological polar surface area (TPSA) is 83.6 Å². The Morgan fingerprint density at radius 3 is 2.81 bits per heavy atom. The SMILES string of the molecule is NC1CCCCC1C(=O)N1CCc2sccc2C1C(=O)O. The van der Waals surface area contributed by atoms with Crippen LogP contribution in [0.5, 0.6) is 0 Å². The van der Waals surface area contributed by atoms with Gasteiger partial charge in [0.25, 0.3) is 0 Å². The van der Waals surface area contributed by atoms with Crippen molar-refractivity contribution in [3.8, 4) is 0 Å². The van der Waals surface area contributed by atoms with Gasteiger partial charge in [-0.05, 0) is 36.3 Å². The van der Waals surface area contributed by atoms with Crippen LogP contribution >= 0.6 is 11.3 Å². The number of rotatable bonds is 2. The van der Waals surface area contributed by atoms with Gasteiger partial charge < -0.3 is 15.7 Å². The highest BCUT2D eigenvalue weighted by Gasteiger charge is 2.40. The lowest BCUT2D eigenvalue weighted by Gasteiger charge is -2.38. The number of hydrogen-bond donors (Lipinski definition) is 2. The van der Waals surface area contributed by atoms with E-state index in [4.69, 9.17) is 5.73 Å². The molecule has 1 aromatic heterocycles. The van der Waals surface area contributed by atoms with Crippen molar-refractivity contribution in [3.05, 3.63) is 21.9 Å². The van der Waals surface area contributed by atoms with E-state index in [2.05, 4.69) is 0 Å². The summed E-state index contributed by atoms with van der Waals surface area (Å²) in [7, 11) is 0. The second-order valence-corrected chi connectivity index (χ2v) is 6.88. The Bertz CT molecular complexity index is 557. The van der Waals surface area contributed by atoms with E-state index in [1.54, 1.807) is 11.3 Å². The standard InChI is InChI=1S/C15H20N2O3S/c16-11-4-2-1-3-9(11)14(18)17-7-5-12-10(6-8-21-12)13(17)15(19)20/h6,8-9,11,13H,1-5,7,16H2,(H,19,20). The molecule has 1 saturated carbocycles. The first-order valence-electron chi connectivity index (χ1n) is 7.44. The van der Waals surface area contributed by atoms with Crippen molar-refractivity contribution in [2.24, 2.45) is 11.7 Å². The van der Waals surface area contributed by atoms with Gasteiger partial charge >= 0.3 is 5.97 Å². The number of carbonyl (C=O) groups is 2. The van der Waals surface area contributed by atoms with Crippen LogP contribution in [0.3, 0.4) is 0 Å². The largest absolute Gasteiger partial charge is 0.479 e. The summed E-state index contributed by atoms with van der Waals surface area (Å²) in [5, 5.41) is 11.5. The van der Waals surface area contributed by atoms with Crippen molar-refractivity contribution in [3.63, 3.8) is 0 Å². The highest BCUT2D eigenvalue weighted by atomic mass is 32.1. The molecule has 3 N–H and O–H groups in total. The molecule has 0 radical (unpaired) electrons. The van der Waals surface area contributed by atoms with E-state index in [1.165, 1.54) is 4.90 Å². The molecule has 2 heterocycles. The third kappa shape index (κ3) is 2.58. The lowest BCUT2D eigenvalue weighted by atomic mass is 9.83. The molecule has 1 aliphatic carbocycles. The van der Waals surface area contributed by atoms with Crippen LogP contribution in [0.25, 0.3) is 0 Å². The van der Waals surface area contributed by atoms with Crippen LogP contribution in [0, 0.1) is 5.92 Å². The number of fused-ring (bicyclic) bond motifs is 1. The highest BCUT2D eigenvalue weighted by Crippen LogP contribution is 2.36. The molecule has 1 aromatic rings. The Kier molecular flexibility index (Phi) is 3.99. The summed E-state index contributed by atoms with van der Waals surface area (Å²) >= 11 is 1.57. The summed E-state index contributed by atoms with van der Waals surface area (Å²) in [6.45, 7) is 0.479. The quantitative estimate of drug-likeness (QED) is 0.872. The fourth-order valence-electron chi connectivity index (χ4n) is 3.50. The summed E-state index contributed by atoms with van der Waals surface area (Å²) in [6.07, 6.45) is 4.43. The number of carboxylic acids is 1. The van der Waals surface area contributed by atoms with Gasteiger partial charge in [-0.2, -0.15) is 0 Å². The van der Waals surface area contributed by atoms with Gasteiger partial charge in [-0.3, -0.25) is 4.79 Å². The average Bonchev–Trinajstić information content (AvgIpc) is 2.94. The van der Waals surface area contributed by atoms with E-state index in [0.29, 0.717) is 6.54 Å². The first-order chi connectivity index (χ1) is 10.1. The van der Waals surface area contributed by atoms with Crippen molar-refractivity contribution in [2.45, 2.75) is 44.2 Å². The number of thiophene rings is 1. The average molecular weight is 308 g/mol. The van der Waals surface area contributed by atoms with Gasteiger partial charge in [0.15, 0.2) is 6.04 Å². The van der Waals surface area contributed by atoms with Gasteiger partial charge in [-0.1, -0.05) is 12.8 Å². The Labute approximate surface area is 127 Å². The molecule has 5 nitrogen and oxygen atoms in total. The lowest BCUT2D eigenvalue weighted by molar-refractivity contribution is -0.153. The molecular formula is C15H20N2O3S. The number of nitrogens with two attached hydrogens (primary N) is 1. The molecule has 1 amide bonds. The molecule has 21 heavy (non-hydrogen) atoms. The fourth-order valence-corrected chi connectivity index (χ4v) is 4.40. The monoisotopic (exact) mass is 308 g/mol. The molecule has 3 rings (SSSR count). The minimum atomic E-state index is -0.952. The molecule has 1 aliphatic heterocycles. The van der Waals surface area contributed by atoms with E-state index in [-0.39, 0.29) is 17.9 Å². The van der Waals surface area contributed by atoms with Gasteiger partial charge in [0.1, 0.15) is 0 Å². The van der Waals surface area contributed by atoms with E-state index >= 15 is 0 Å². The number of aliphatic carboxylic acids is 1. The number of carboxylic acid groups (broad SMARTS) is 1. The number of amides is 1. The first-order valence-corrected chi connectivity index (χ1v) is 8.32. The van der Waals surface area contributed by atoms with Crippen molar-refractivity contribution in [1.29, 1.82) is 0 Å². The normalized spacial score (nSPS) is 29.0. The highest BCUT2D eigenvalue weighted by molar-refractivity contribution is 7.10. The molecule has 0 bridgehead atoms. The van der Waals surface area contributed by atoms with E-state index < -0.39 is 12.0 Å². The zero-order valence-corrected chi connectivity index (χ0v) is 12.6. The van der Waals surface area contributed by atoms with Gasteiger partial charge in [-0.25, -0.2) is 4.79 Å². The third-order valence-electron chi connectivity index (χ3n) is 4.62. The number of hydrogen-bond acceptors (Lipinski definition) is 4. The Balaban J connectivity index is 1.87. The van der Waals surface area contributed by atoms with E-state index in [1.807, 2.05) is 11.4 Å². The third-order valence-corrected chi connectivity index (χ3v) is 5.62. The Morgan fingerprint density at radius 2 is 2.10 bits per heavy atom. The van der Waals surface area contributed by atoms with Crippen molar-refractivity contribution >= 4 is 23.2 Å². The second-order valence-electron chi connectivity index (χ2n) is 5.88. The Hall–Kier alpha value is -1.40. The smallest absolute Gasteiger partial charge is 0.331 e. The predicted molar refractivity (Wildman–Crippen MR) is 80.0 cm³/mol. The first kappa shape index (κ1) is 14.5. The van der Waals surface area contributed by atoms with Crippen LogP contribution < -0.4 is 5.73 Å². The van der Waals surface area contributed by atoms with Gasteiger partial charge in [-0.15, -0.1) is 11.3 Å². The van der Waals surface area contributed by atoms with Gasteiger partial charge in [0.2, 0.25) is 5.91 Å². The van der Waals surface area contributed by atoms with Crippen LogP contribution in [0.1, 0.15) is 42.2 Å². The van der Waals surface area contributed by atoms with E-state index in [9.17, 15) is 14.7 Å². The van der Waals surface area contributed by atoms with E-state index in [0.717, 1.165) is 42.5 Å². The molecule has 114 valence electrons. The summed E-state index contributed by atoms with van der Waals surface area (Å²) in [6, 6.07) is 0.852. The van der Waals surface area contributed by atoms with Crippen LogP contribution in [0.15, 0.2) is 11.4 Å². The van der Waals surface area contributed by atoms with Crippen molar-refractivity contribution < 1.29 is 14.7 Å². The minimum absolute atomic E-state index is 0.0774. The van der Waals surface area contributed by atoms with Crippen LogP contribution in [-0.2, 0) is 16.0 Å². The molecule has 0 spiro atoms. The molecule has 3 atom stereocenters. The summed E-state index contributed by atoms with van der Waals surface area (Å²) in [5.74, 6) is -1.25. The van der Waals surface area contributed by atoms with Gasteiger partial charge in [0, 0.05) is 17.5 Å². The summed E-state index contributed by atoms with van der Waals surface area (Å²) < 4.78 is 0. The van der Waals surface area contributed by atoms with Crippen LogP contribution in [0.4, 0.5) is 0 Å². The number of carbonyl (C=O) groups excluding carboxylic acids is 1. The maximum Gasteiger partial charge on any atom is 0.331 e. The van der Waals surface area contributed by atoms with Crippen molar-refractivity contribution in [1.82, 2.24) is 4.90 Å². The summed E-state index contributed by atoms with van der Waals surface area (Å²) in [4.78, 5) is 27.1. The fraction of sp³-hybridized carbons (Fsp3) is 0.600. The Morgan fingerprint density at radius 1 is 1.33 bits per heavy atom. The zero-order valence-electron chi connectivity index (χ0n) is 11.8. The molecule has 1 fully saturated rings. The lowest BCUT2D eigenvalue weighted by Crippen LogP contribution is -2.50. The second kappa shape index (κ2) is 5.77. The van der Waals surface area contributed by atoms with Gasteiger partial charge in [0.05, 0.1) is 5.92 Å². The van der Waals surface area contributed by atoms with Crippen LogP contribution in [-0.4, -0.2) is 34.5 Å². The molecule has 0 saturated heterocycles.